The molecule has 0 unspecified atom stereocenters. The average molecular weight is 132 g/mol. The van der Waals surface area contributed by atoms with Crippen LogP contribution in [0, 0.1) is 18.3 Å². The van der Waals surface area contributed by atoms with Crippen LogP contribution in [0.4, 0.5) is 0 Å². The van der Waals surface area contributed by atoms with E-state index in [0.717, 1.165) is 12.3 Å². The fraction of sp³-hybridized carbons (Fsp3) is 0.400. The van der Waals surface area contributed by atoms with Gasteiger partial charge in [-0.3, -0.25) is 0 Å². The van der Waals surface area contributed by atoms with Crippen molar-refractivity contribution in [1.82, 2.24) is 0 Å². The van der Waals surface area contributed by atoms with E-state index < -0.39 is 0 Å². The molecule has 0 atom stereocenters. The summed E-state index contributed by atoms with van der Waals surface area (Å²) < 4.78 is 0. The minimum absolute atomic E-state index is 0.730. The maximum absolute atomic E-state index is 5.10. The average Bonchev–Trinajstić information content (AvgIpc) is 2.41. The number of rotatable bonds is 2. The molecule has 0 N–H and O–H groups in total. The number of hydrogen-bond donors (Lipinski definition) is 0. The Labute approximate surface area is 62.6 Å². The number of terminal acetylenes is 1. The highest BCUT2D eigenvalue weighted by Crippen LogP contribution is 2.18. The van der Waals surface area contributed by atoms with E-state index in [4.69, 9.17) is 6.42 Å². The lowest BCUT2D eigenvalue weighted by Crippen LogP contribution is -1.85. The van der Waals surface area contributed by atoms with E-state index in [1.54, 1.807) is 0 Å². The van der Waals surface area contributed by atoms with E-state index in [9.17, 15) is 0 Å². The Morgan fingerprint density at radius 1 is 1.50 bits per heavy atom. The molecule has 0 heterocycles. The zero-order valence-corrected chi connectivity index (χ0v) is 6.09. The molecular weight excluding hydrogens is 120 g/mol. The van der Waals surface area contributed by atoms with Gasteiger partial charge < -0.3 is 0 Å². The molecule has 0 aliphatic heterocycles. The van der Waals surface area contributed by atoms with Crippen LogP contribution in [0.5, 0.6) is 0 Å². The van der Waals surface area contributed by atoms with Crippen molar-refractivity contribution in [3.63, 3.8) is 0 Å². The summed E-state index contributed by atoms with van der Waals surface area (Å²) in [5.74, 6) is 3.31. The van der Waals surface area contributed by atoms with Gasteiger partial charge in [0.1, 0.15) is 0 Å². The third kappa shape index (κ3) is 2.11. The summed E-state index contributed by atoms with van der Waals surface area (Å²) in [5, 5.41) is 0. The predicted molar refractivity (Wildman–Crippen MR) is 44.5 cm³/mol. The van der Waals surface area contributed by atoms with Crippen LogP contribution in [0.15, 0.2) is 24.3 Å². The van der Waals surface area contributed by atoms with Crippen molar-refractivity contribution < 1.29 is 0 Å². The maximum Gasteiger partial charge on any atom is 0.0267 e. The van der Waals surface area contributed by atoms with Gasteiger partial charge in [-0.25, -0.2) is 0 Å². The van der Waals surface area contributed by atoms with Crippen molar-refractivity contribution in [2.75, 3.05) is 0 Å². The standard InChI is InChI=1S/C10H12/c1-2-3-4-7-10-8-5-6-9-10/h1,4-7,10H,3,8-9H2. The molecule has 0 spiro atoms. The van der Waals surface area contributed by atoms with E-state index >= 15 is 0 Å². The Bertz CT molecular complexity index is 171. The molecule has 0 bridgehead atoms. The normalized spacial score (nSPS) is 18.3. The smallest absolute Gasteiger partial charge is 0.0267 e. The summed E-state index contributed by atoms with van der Waals surface area (Å²) in [6, 6.07) is 0. The summed E-state index contributed by atoms with van der Waals surface area (Å²) in [4.78, 5) is 0. The van der Waals surface area contributed by atoms with E-state index in [0.29, 0.717) is 0 Å². The summed E-state index contributed by atoms with van der Waals surface area (Å²) in [6.07, 6.45) is 17.0. The topological polar surface area (TPSA) is 0 Å². The first-order valence-electron chi connectivity index (χ1n) is 3.68. The molecule has 10 heavy (non-hydrogen) atoms. The van der Waals surface area contributed by atoms with Crippen molar-refractivity contribution in [2.45, 2.75) is 19.3 Å². The molecule has 1 aliphatic carbocycles. The first kappa shape index (κ1) is 7.15. The molecule has 0 amide bonds. The molecule has 0 aromatic rings. The fourth-order valence-corrected chi connectivity index (χ4v) is 1.12. The highest BCUT2D eigenvalue weighted by atomic mass is 14.1. The summed E-state index contributed by atoms with van der Waals surface area (Å²) in [5.41, 5.74) is 0. The molecule has 0 nitrogen and oxygen atoms in total. The van der Waals surface area contributed by atoms with E-state index in [1.165, 1.54) is 12.8 Å². The zero-order valence-electron chi connectivity index (χ0n) is 6.09. The first-order valence-corrected chi connectivity index (χ1v) is 3.68. The largest absolute Gasteiger partial charge is 0.120 e. The van der Waals surface area contributed by atoms with Gasteiger partial charge in [-0.15, -0.1) is 12.3 Å². The third-order valence-corrected chi connectivity index (χ3v) is 1.69. The van der Waals surface area contributed by atoms with Crippen molar-refractivity contribution in [3.8, 4) is 12.3 Å². The fourth-order valence-electron chi connectivity index (χ4n) is 1.12. The molecule has 0 aromatic heterocycles. The molecule has 0 heteroatoms. The summed E-state index contributed by atoms with van der Waals surface area (Å²) >= 11 is 0. The maximum atomic E-state index is 5.10. The van der Waals surface area contributed by atoms with Crippen LogP contribution < -0.4 is 0 Å². The van der Waals surface area contributed by atoms with Gasteiger partial charge in [-0.1, -0.05) is 24.3 Å². The molecule has 0 aromatic carbocycles. The second kappa shape index (κ2) is 3.95. The Morgan fingerprint density at radius 2 is 2.20 bits per heavy atom. The van der Waals surface area contributed by atoms with Gasteiger partial charge in [0.25, 0.3) is 0 Å². The minimum atomic E-state index is 0.730. The van der Waals surface area contributed by atoms with Crippen LogP contribution in [-0.4, -0.2) is 0 Å². The molecule has 1 rings (SSSR count). The quantitative estimate of drug-likeness (QED) is 0.400. The van der Waals surface area contributed by atoms with Gasteiger partial charge in [0.15, 0.2) is 0 Å². The Morgan fingerprint density at radius 3 is 2.80 bits per heavy atom. The minimum Gasteiger partial charge on any atom is -0.120 e. The van der Waals surface area contributed by atoms with Gasteiger partial charge in [0, 0.05) is 6.42 Å². The van der Waals surface area contributed by atoms with Gasteiger partial charge in [-0.05, 0) is 18.8 Å². The molecule has 1 aliphatic rings. The molecular formula is C10H12. The second-order valence-corrected chi connectivity index (χ2v) is 2.54. The Balaban J connectivity index is 2.20. The van der Waals surface area contributed by atoms with Crippen LogP contribution >= 0.6 is 0 Å². The Hall–Kier alpha value is -0.960. The van der Waals surface area contributed by atoms with Crippen molar-refractivity contribution >= 4 is 0 Å². The van der Waals surface area contributed by atoms with E-state index in [2.05, 4.69) is 30.2 Å². The lowest BCUT2D eigenvalue weighted by molar-refractivity contribution is 0.714. The molecule has 0 saturated heterocycles. The lowest BCUT2D eigenvalue weighted by Gasteiger charge is -1.97. The van der Waals surface area contributed by atoms with Crippen LogP contribution in [-0.2, 0) is 0 Å². The third-order valence-electron chi connectivity index (χ3n) is 1.69. The van der Waals surface area contributed by atoms with Crippen LogP contribution in [0.1, 0.15) is 19.3 Å². The zero-order chi connectivity index (χ0) is 7.23. The predicted octanol–water partition coefficient (Wildman–Crippen LogP) is 2.53. The summed E-state index contributed by atoms with van der Waals surface area (Å²) in [7, 11) is 0. The van der Waals surface area contributed by atoms with E-state index in [1.807, 2.05) is 0 Å². The number of hydrogen-bond acceptors (Lipinski definition) is 0. The van der Waals surface area contributed by atoms with E-state index in [-0.39, 0.29) is 0 Å². The molecule has 0 saturated carbocycles. The first-order chi connectivity index (χ1) is 4.93. The molecule has 0 radical (unpaired) electrons. The lowest BCUT2D eigenvalue weighted by atomic mass is 10.1. The van der Waals surface area contributed by atoms with Crippen LogP contribution in [0.2, 0.25) is 0 Å². The molecule has 0 fully saturated rings. The van der Waals surface area contributed by atoms with Crippen molar-refractivity contribution in [3.05, 3.63) is 24.3 Å². The highest BCUT2D eigenvalue weighted by molar-refractivity contribution is 5.05. The molecule has 52 valence electrons. The van der Waals surface area contributed by atoms with Crippen LogP contribution in [0.3, 0.4) is 0 Å². The van der Waals surface area contributed by atoms with Gasteiger partial charge in [0.05, 0.1) is 0 Å². The van der Waals surface area contributed by atoms with Crippen molar-refractivity contribution in [2.24, 2.45) is 5.92 Å². The van der Waals surface area contributed by atoms with Gasteiger partial charge >= 0.3 is 0 Å². The van der Waals surface area contributed by atoms with Gasteiger partial charge in [0.2, 0.25) is 0 Å². The van der Waals surface area contributed by atoms with Crippen LogP contribution in [0.25, 0.3) is 0 Å². The number of allylic oxidation sites excluding steroid dienone is 4. The highest BCUT2D eigenvalue weighted by Gasteiger charge is 2.03. The second-order valence-electron chi connectivity index (χ2n) is 2.54. The van der Waals surface area contributed by atoms with Crippen molar-refractivity contribution in [1.29, 1.82) is 0 Å². The summed E-state index contributed by atoms with van der Waals surface area (Å²) in [6.45, 7) is 0. The van der Waals surface area contributed by atoms with Gasteiger partial charge in [-0.2, -0.15) is 0 Å². The Kier molecular flexibility index (Phi) is 2.83. The monoisotopic (exact) mass is 132 g/mol. The SMILES string of the molecule is C#CCC=CC1CC=CC1.